The highest BCUT2D eigenvalue weighted by molar-refractivity contribution is 6.00. The van der Waals surface area contributed by atoms with E-state index in [1.165, 1.54) is 0 Å². The highest BCUT2D eigenvalue weighted by atomic mass is 16.5. The van der Waals surface area contributed by atoms with Crippen molar-refractivity contribution < 1.29 is 9.32 Å². The van der Waals surface area contributed by atoms with Crippen LogP contribution in [0.2, 0.25) is 0 Å². The third kappa shape index (κ3) is 2.07. The van der Waals surface area contributed by atoms with Crippen LogP contribution in [-0.2, 0) is 0 Å². The Morgan fingerprint density at radius 2 is 1.45 bits per heavy atom. The lowest BCUT2D eigenvalue weighted by Crippen LogP contribution is -2.11. The molecule has 98 valence electrons. The molecule has 4 nitrogen and oxygen atoms in total. The Morgan fingerprint density at radius 3 is 2.00 bits per heavy atom. The van der Waals surface area contributed by atoms with E-state index in [1.54, 1.807) is 0 Å². The van der Waals surface area contributed by atoms with Crippen LogP contribution in [0.3, 0.4) is 0 Å². The van der Waals surface area contributed by atoms with Crippen LogP contribution in [-0.4, -0.2) is 11.1 Å². The number of hydrogen-bond acceptors (Lipinski definition) is 3. The van der Waals surface area contributed by atoms with Crippen LogP contribution in [0.15, 0.2) is 65.2 Å². The summed E-state index contributed by atoms with van der Waals surface area (Å²) < 4.78 is 5.14. The molecule has 0 aliphatic rings. The first-order chi connectivity index (χ1) is 9.77. The van der Waals surface area contributed by atoms with Crippen LogP contribution in [0.1, 0.15) is 10.6 Å². The van der Waals surface area contributed by atoms with E-state index in [2.05, 4.69) is 5.16 Å². The lowest BCUT2D eigenvalue weighted by atomic mass is 9.99. The summed E-state index contributed by atoms with van der Waals surface area (Å²) in [7, 11) is 0. The predicted molar refractivity (Wildman–Crippen MR) is 75.9 cm³/mol. The molecular formula is C16H12N2O2. The van der Waals surface area contributed by atoms with Crippen LogP contribution < -0.4 is 5.73 Å². The van der Waals surface area contributed by atoms with Crippen molar-refractivity contribution in [1.82, 2.24) is 5.16 Å². The molecule has 4 heteroatoms. The van der Waals surface area contributed by atoms with E-state index < -0.39 is 5.91 Å². The molecule has 0 atom stereocenters. The Hall–Kier alpha value is -2.88. The van der Waals surface area contributed by atoms with Gasteiger partial charge in [-0.2, -0.15) is 0 Å². The van der Waals surface area contributed by atoms with Crippen molar-refractivity contribution in [3.8, 4) is 22.4 Å². The maximum Gasteiger partial charge on any atom is 0.288 e. The number of nitrogens with two attached hydrogens (primary N) is 1. The van der Waals surface area contributed by atoms with Gasteiger partial charge in [-0.25, -0.2) is 0 Å². The summed E-state index contributed by atoms with van der Waals surface area (Å²) in [4.78, 5) is 11.5. The molecule has 0 spiro atoms. The first kappa shape index (κ1) is 12.2. The molecule has 1 heterocycles. The minimum absolute atomic E-state index is 0.0788. The quantitative estimate of drug-likeness (QED) is 0.790. The first-order valence-electron chi connectivity index (χ1n) is 6.17. The van der Waals surface area contributed by atoms with Crippen molar-refractivity contribution in [2.24, 2.45) is 5.73 Å². The number of carbonyl (C=O) groups excluding carboxylic acids is 1. The second-order valence-electron chi connectivity index (χ2n) is 4.33. The number of rotatable bonds is 3. The zero-order chi connectivity index (χ0) is 13.9. The van der Waals surface area contributed by atoms with Crippen molar-refractivity contribution >= 4 is 5.91 Å². The Kier molecular flexibility index (Phi) is 3.05. The van der Waals surface area contributed by atoms with E-state index >= 15 is 0 Å². The molecule has 2 N–H and O–H groups in total. The largest absolute Gasteiger partial charge is 0.363 e. The number of benzene rings is 2. The molecule has 0 saturated heterocycles. The van der Waals surface area contributed by atoms with Crippen LogP contribution in [0.4, 0.5) is 0 Å². The number of primary amides is 1. The van der Waals surface area contributed by atoms with Gasteiger partial charge in [-0.15, -0.1) is 0 Å². The molecule has 0 unspecified atom stereocenters. The number of hydrogen-bond donors (Lipinski definition) is 1. The van der Waals surface area contributed by atoms with Crippen LogP contribution in [0.25, 0.3) is 22.4 Å². The van der Waals surface area contributed by atoms with Gasteiger partial charge in [-0.3, -0.25) is 4.79 Å². The summed E-state index contributed by atoms with van der Waals surface area (Å²) in [6.45, 7) is 0. The third-order valence-corrected chi connectivity index (χ3v) is 3.03. The van der Waals surface area contributed by atoms with Gasteiger partial charge in [0.05, 0.1) is 5.56 Å². The number of carbonyl (C=O) groups is 1. The summed E-state index contributed by atoms with van der Waals surface area (Å²) >= 11 is 0. The second kappa shape index (κ2) is 5.01. The van der Waals surface area contributed by atoms with Gasteiger partial charge in [-0.1, -0.05) is 65.8 Å². The van der Waals surface area contributed by atoms with Gasteiger partial charge < -0.3 is 10.3 Å². The van der Waals surface area contributed by atoms with Gasteiger partial charge in [0.2, 0.25) is 5.76 Å². The molecule has 3 aromatic rings. The number of amides is 1. The second-order valence-corrected chi connectivity index (χ2v) is 4.33. The lowest BCUT2D eigenvalue weighted by Gasteiger charge is -2.03. The molecule has 0 saturated carbocycles. The Bertz CT molecular complexity index is 734. The molecule has 0 aliphatic carbocycles. The van der Waals surface area contributed by atoms with Gasteiger partial charge in [0.15, 0.2) is 0 Å². The van der Waals surface area contributed by atoms with E-state index in [0.717, 1.165) is 11.1 Å². The van der Waals surface area contributed by atoms with Crippen LogP contribution >= 0.6 is 0 Å². The van der Waals surface area contributed by atoms with Crippen molar-refractivity contribution in [1.29, 1.82) is 0 Å². The van der Waals surface area contributed by atoms with Crippen molar-refractivity contribution in [2.45, 2.75) is 0 Å². The average molecular weight is 264 g/mol. The minimum Gasteiger partial charge on any atom is -0.363 e. The van der Waals surface area contributed by atoms with Gasteiger partial charge in [0.25, 0.3) is 5.91 Å². The van der Waals surface area contributed by atoms with E-state index in [4.69, 9.17) is 10.3 Å². The molecule has 1 amide bonds. The number of nitrogens with zero attached hydrogens (tertiary/aromatic N) is 1. The van der Waals surface area contributed by atoms with E-state index in [-0.39, 0.29) is 5.76 Å². The SMILES string of the molecule is NC(=O)c1onc(-c2ccccc2)c1-c1ccccc1. The molecule has 20 heavy (non-hydrogen) atoms. The van der Waals surface area contributed by atoms with Crippen molar-refractivity contribution in [2.75, 3.05) is 0 Å². The predicted octanol–water partition coefficient (Wildman–Crippen LogP) is 3.11. The topological polar surface area (TPSA) is 69.1 Å². The van der Waals surface area contributed by atoms with Gasteiger partial charge in [-0.05, 0) is 5.56 Å². The smallest absolute Gasteiger partial charge is 0.288 e. The molecular weight excluding hydrogens is 252 g/mol. The van der Waals surface area contributed by atoms with Crippen molar-refractivity contribution in [3.63, 3.8) is 0 Å². The normalized spacial score (nSPS) is 10.4. The van der Waals surface area contributed by atoms with Gasteiger partial charge >= 0.3 is 0 Å². The van der Waals surface area contributed by atoms with Crippen molar-refractivity contribution in [3.05, 3.63) is 66.4 Å². The fourth-order valence-corrected chi connectivity index (χ4v) is 2.12. The zero-order valence-corrected chi connectivity index (χ0v) is 10.6. The molecule has 0 radical (unpaired) electrons. The van der Waals surface area contributed by atoms with Gasteiger partial charge in [0, 0.05) is 5.56 Å². The highest BCUT2D eigenvalue weighted by Crippen LogP contribution is 2.34. The average Bonchev–Trinajstić information content (AvgIpc) is 2.94. The molecule has 0 fully saturated rings. The highest BCUT2D eigenvalue weighted by Gasteiger charge is 2.22. The Balaban J connectivity index is 2.25. The summed E-state index contributed by atoms with van der Waals surface area (Å²) in [5, 5.41) is 4.01. The molecule has 0 aliphatic heterocycles. The monoisotopic (exact) mass is 264 g/mol. The summed E-state index contributed by atoms with van der Waals surface area (Å²) in [5.41, 5.74) is 8.34. The minimum atomic E-state index is -0.626. The fraction of sp³-hybridized carbons (Fsp3) is 0. The molecule has 2 aromatic carbocycles. The zero-order valence-electron chi connectivity index (χ0n) is 10.6. The summed E-state index contributed by atoms with van der Waals surface area (Å²) in [6.07, 6.45) is 0. The third-order valence-electron chi connectivity index (χ3n) is 3.03. The van der Waals surface area contributed by atoms with Crippen LogP contribution in [0.5, 0.6) is 0 Å². The molecule has 3 rings (SSSR count). The van der Waals surface area contributed by atoms with Crippen LogP contribution in [0, 0.1) is 0 Å². The van der Waals surface area contributed by atoms with E-state index in [9.17, 15) is 4.79 Å². The lowest BCUT2D eigenvalue weighted by molar-refractivity contribution is 0.0966. The standard InChI is InChI=1S/C16H12N2O2/c17-16(19)15-13(11-7-3-1-4-8-11)14(18-20-15)12-9-5-2-6-10-12/h1-10H,(H2,17,19). The Morgan fingerprint density at radius 1 is 0.900 bits per heavy atom. The Labute approximate surface area is 115 Å². The van der Waals surface area contributed by atoms with E-state index in [0.29, 0.717) is 11.3 Å². The maximum atomic E-state index is 11.5. The number of aromatic nitrogens is 1. The summed E-state index contributed by atoms with van der Waals surface area (Å²) in [5.74, 6) is -0.548. The maximum absolute atomic E-state index is 11.5. The first-order valence-corrected chi connectivity index (χ1v) is 6.17. The fourth-order valence-electron chi connectivity index (χ4n) is 2.12. The van der Waals surface area contributed by atoms with E-state index in [1.807, 2.05) is 60.7 Å². The molecule has 0 bridgehead atoms. The molecule has 1 aromatic heterocycles. The van der Waals surface area contributed by atoms with Gasteiger partial charge in [0.1, 0.15) is 5.69 Å². The summed E-state index contributed by atoms with van der Waals surface area (Å²) in [6, 6.07) is 19.0.